The van der Waals surface area contributed by atoms with Gasteiger partial charge in [-0.2, -0.15) is 0 Å². The van der Waals surface area contributed by atoms with E-state index in [1.807, 2.05) is 12.1 Å². The highest BCUT2D eigenvalue weighted by Crippen LogP contribution is 2.42. The van der Waals surface area contributed by atoms with Crippen molar-refractivity contribution in [2.75, 3.05) is 26.4 Å². The summed E-state index contributed by atoms with van der Waals surface area (Å²) in [5, 5.41) is 3.81. The molecule has 138 valence electrons. The van der Waals surface area contributed by atoms with E-state index in [0.29, 0.717) is 6.04 Å². The molecule has 1 spiro atoms. The summed E-state index contributed by atoms with van der Waals surface area (Å²) >= 11 is 0. The van der Waals surface area contributed by atoms with Crippen LogP contribution in [0.4, 0.5) is 4.39 Å². The fourth-order valence-electron chi connectivity index (χ4n) is 5.12. The first-order valence-corrected chi connectivity index (χ1v) is 9.92. The van der Waals surface area contributed by atoms with Gasteiger partial charge in [-0.15, -0.1) is 0 Å². The van der Waals surface area contributed by atoms with Crippen LogP contribution in [0.5, 0.6) is 0 Å². The largest absolute Gasteiger partial charge is 0.381 e. The van der Waals surface area contributed by atoms with Crippen molar-refractivity contribution in [3.63, 3.8) is 0 Å². The summed E-state index contributed by atoms with van der Waals surface area (Å²) in [5.74, 6) is -0.0425. The zero-order valence-electron chi connectivity index (χ0n) is 15.1. The zero-order chi connectivity index (χ0) is 17.2. The molecule has 0 aromatic heterocycles. The maximum atomic E-state index is 14.5. The molecule has 1 saturated carbocycles. The van der Waals surface area contributed by atoms with Gasteiger partial charge in [0.2, 0.25) is 0 Å². The average molecular weight is 347 g/mol. The van der Waals surface area contributed by atoms with Crippen molar-refractivity contribution >= 4 is 0 Å². The first-order valence-electron chi connectivity index (χ1n) is 9.92. The monoisotopic (exact) mass is 347 g/mol. The van der Waals surface area contributed by atoms with E-state index in [9.17, 15) is 4.39 Å². The summed E-state index contributed by atoms with van der Waals surface area (Å²) in [4.78, 5) is 0. The summed E-state index contributed by atoms with van der Waals surface area (Å²) in [6.45, 7) is 3.33. The van der Waals surface area contributed by atoms with Crippen LogP contribution < -0.4 is 5.32 Å². The van der Waals surface area contributed by atoms with E-state index in [1.54, 1.807) is 12.1 Å². The second-order valence-corrected chi connectivity index (χ2v) is 8.18. The van der Waals surface area contributed by atoms with Crippen molar-refractivity contribution < 1.29 is 13.9 Å². The predicted molar refractivity (Wildman–Crippen MR) is 96.3 cm³/mol. The van der Waals surface area contributed by atoms with Crippen LogP contribution in [0.2, 0.25) is 0 Å². The van der Waals surface area contributed by atoms with Crippen LogP contribution in [0.25, 0.3) is 0 Å². The Morgan fingerprint density at radius 3 is 2.56 bits per heavy atom. The lowest BCUT2D eigenvalue weighted by molar-refractivity contribution is -0.140. The number of rotatable bonds is 4. The fraction of sp³-hybridized carbons (Fsp3) is 0.714. The summed E-state index contributed by atoms with van der Waals surface area (Å²) < 4.78 is 26.2. The van der Waals surface area contributed by atoms with Crippen molar-refractivity contribution in [2.45, 2.75) is 68.4 Å². The Labute approximate surface area is 150 Å². The second kappa shape index (κ2) is 7.34. The van der Waals surface area contributed by atoms with E-state index in [1.165, 1.54) is 12.8 Å². The molecule has 4 rings (SSSR count). The number of hydrogen-bond donors (Lipinski definition) is 1. The Kier molecular flexibility index (Phi) is 5.12. The van der Waals surface area contributed by atoms with Crippen molar-refractivity contribution in [3.05, 3.63) is 35.6 Å². The molecular weight excluding hydrogens is 317 g/mol. The van der Waals surface area contributed by atoms with Crippen LogP contribution >= 0.6 is 0 Å². The van der Waals surface area contributed by atoms with Crippen LogP contribution in [0, 0.1) is 5.82 Å². The van der Waals surface area contributed by atoms with E-state index in [-0.39, 0.29) is 16.8 Å². The maximum absolute atomic E-state index is 14.5. The van der Waals surface area contributed by atoms with Crippen LogP contribution in [-0.4, -0.2) is 38.0 Å². The van der Waals surface area contributed by atoms with Gasteiger partial charge in [-0.25, -0.2) is 4.39 Å². The van der Waals surface area contributed by atoms with Gasteiger partial charge in [0.25, 0.3) is 0 Å². The Hall–Kier alpha value is -0.970. The first-order chi connectivity index (χ1) is 12.2. The molecule has 1 N–H and O–H groups in total. The molecule has 3 nitrogen and oxygen atoms in total. The lowest BCUT2D eigenvalue weighted by Gasteiger charge is -2.44. The van der Waals surface area contributed by atoms with Crippen molar-refractivity contribution in [1.29, 1.82) is 0 Å². The van der Waals surface area contributed by atoms with Gasteiger partial charge in [-0.3, -0.25) is 0 Å². The predicted octanol–water partition coefficient (Wildman–Crippen LogP) is 3.96. The summed E-state index contributed by atoms with van der Waals surface area (Å²) in [6, 6.07) is 7.84. The molecule has 2 saturated heterocycles. The summed E-state index contributed by atoms with van der Waals surface area (Å²) in [5.41, 5.74) is 0.884. The van der Waals surface area contributed by atoms with E-state index in [2.05, 4.69) is 5.32 Å². The molecular formula is C21H30FNO2. The van der Waals surface area contributed by atoms with E-state index >= 15 is 0 Å². The van der Waals surface area contributed by atoms with Gasteiger partial charge in [-0.1, -0.05) is 31.0 Å². The summed E-state index contributed by atoms with van der Waals surface area (Å²) in [6.07, 6.45) is 8.69. The van der Waals surface area contributed by atoms with Crippen LogP contribution in [0.3, 0.4) is 0 Å². The van der Waals surface area contributed by atoms with Crippen LogP contribution in [0.1, 0.15) is 56.9 Å². The average Bonchev–Trinajstić information content (AvgIpc) is 3.11. The van der Waals surface area contributed by atoms with Crippen LogP contribution in [-0.2, 0) is 14.9 Å². The minimum Gasteiger partial charge on any atom is -0.381 e. The molecule has 2 aliphatic heterocycles. The SMILES string of the molecule is Fc1ccccc1C1(CNC2CCOC3(CCOCC3)C2)CCCC1. The quantitative estimate of drug-likeness (QED) is 0.894. The third-order valence-electron chi connectivity index (χ3n) is 6.63. The molecule has 3 fully saturated rings. The second-order valence-electron chi connectivity index (χ2n) is 8.18. The number of nitrogens with one attached hydrogen (secondary N) is 1. The lowest BCUT2D eigenvalue weighted by Crippen LogP contribution is -2.52. The third kappa shape index (κ3) is 3.62. The summed E-state index contributed by atoms with van der Waals surface area (Å²) in [7, 11) is 0. The standard InChI is InChI=1S/C21H30FNO2/c22-19-6-2-1-5-18(19)20(8-3-4-9-20)16-23-17-7-12-25-21(15-17)10-13-24-14-11-21/h1-2,5-6,17,23H,3-4,7-16H2. The van der Waals surface area contributed by atoms with E-state index in [4.69, 9.17) is 9.47 Å². The molecule has 25 heavy (non-hydrogen) atoms. The van der Waals surface area contributed by atoms with Crippen molar-refractivity contribution in [2.24, 2.45) is 0 Å². The highest BCUT2D eigenvalue weighted by atomic mass is 19.1. The zero-order valence-corrected chi connectivity index (χ0v) is 15.1. The van der Waals surface area contributed by atoms with Crippen molar-refractivity contribution in [3.8, 4) is 0 Å². The highest BCUT2D eigenvalue weighted by Gasteiger charge is 2.41. The molecule has 1 aromatic rings. The lowest BCUT2D eigenvalue weighted by atomic mass is 9.77. The minimum atomic E-state index is -0.0425. The molecule has 0 radical (unpaired) electrons. The fourth-order valence-corrected chi connectivity index (χ4v) is 5.12. The highest BCUT2D eigenvalue weighted by molar-refractivity contribution is 5.29. The normalized spacial score (nSPS) is 28.3. The third-order valence-corrected chi connectivity index (χ3v) is 6.63. The number of ether oxygens (including phenoxy) is 2. The topological polar surface area (TPSA) is 30.5 Å². The molecule has 1 aliphatic carbocycles. The van der Waals surface area contributed by atoms with E-state index in [0.717, 1.165) is 70.5 Å². The molecule has 4 heteroatoms. The van der Waals surface area contributed by atoms with Gasteiger partial charge in [0.05, 0.1) is 5.60 Å². The maximum Gasteiger partial charge on any atom is 0.127 e. The molecule has 3 aliphatic rings. The molecule has 0 bridgehead atoms. The van der Waals surface area contributed by atoms with Gasteiger partial charge in [0.1, 0.15) is 5.82 Å². The first kappa shape index (κ1) is 17.4. The van der Waals surface area contributed by atoms with Crippen LogP contribution in [0.15, 0.2) is 24.3 Å². The molecule has 1 atom stereocenters. The van der Waals surface area contributed by atoms with Gasteiger partial charge < -0.3 is 14.8 Å². The molecule has 0 amide bonds. The smallest absolute Gasteiger partial charge is 0.127 e. The van der Waals surface area contributed by atoms with E-state index < -0.39 is 0 Å². The molecule has 1 aromatic carbocycles. The van der Waals surface area contributed by atoms with Gasteiger partial charge >= 0.3 is 0 Å². The Bertz CT molecular complexity index is 574. The Morgan fingerprint density at radius 2 is 1.80 bits per heavy atom. The Morgan fingerprint density at radius 1 is 1.04 bits per heavy atom. The van der Waals surface area contributed by atoms with Gasteiger partial charge in [-0.05, 0) is 50.2 Å². The van der Waals surface area contributed by atoms with Gasteiger partial charge in [0, 0.05) is 37.8 Å². The molecule has 1 unspecified atom stereocenters. The number of benzene rings is 1. The molecule has 2 heterocycles. The number of halogens is 1. The number of hydrogen-bond acceptors (Lipinski definition) is 3. The minimum absolute atomic E-state index is 0.00893. The van der Waals surface area contributed by atoms with Crippen molar-refractivity contribution in [1.82, 2.24) is 5.32 Å². The van der Waals surface area contributed by atoms with Gasteiger partial charge in [0.15, 0.2) is 0 Å². The Balaban J connectivity index is 1.44.